The fourth-order valence-corrected chi connectivity index (χ4v) is 3.75. The summed E-state index contributed by atoms with van der Waals surface area (Å²) < 4.78 is 12.0. The van der Waals surface area contributed by atoms with Gasteiger partial charge in [0.25, 0.3) is 5.56 Å². The van der Waals surface area contributed by atoms with Crippen molar-refractivity contribution in [2.45, 2.75) is 12.6 Å². The van der Waals surface area contributed by atoms with Crippen molar-refractivity contribution in [3.05, 3.63) is 57.9 Å². The van der Waals surface area contributed by atoms with Gasteiger partial charge in [-0.25, -0.2) is 0 Å². The van der Waals surface area contributed by atoms with Crippen molar-refractivity contribution in [3.8, 4) is 22.8 Å². The number of rotatable bonds is 5. The van der Waals surface area contributed by atoms with Crippen LogP contribution in [0.1, 0.15) is 15.9 Å². The highest BCUT2D eigenvalue weighted by atomic mass is 16.5. The minimum Gasteiger partial charge on any atom is -0.493 e. The Balaban J connectivity index is 2.16. The van der Waals surface area contributed by atoms with E-state index in [2.05, 4.69) is 0 Å². The van der Waals surface area contributed by atoms with Gasteiger partial charge in [0.05, 0.1) is 50.1 Å². The molecule has 0 spiro atoms. The van der Waals surface area contributed by atoms with E-state index in [4.69, 9.17) is 9.47 Å². The topological polar surface area (TPSA) is 98.0 Å². The van der Waals surface area contributed by atoms with Gasteiger partial charge in [-0.05, 0) is 12.1 Å². The highest BCUT2D eigenvalue weighted by Crippen LogP contribution is 2.41. The van der Waals surface area contributed by atoms with Gasteiger partial charge in [0.2, 0.25) is 0 Å². The smallest absolute Gasteiger partial charge is 0.259 e. The molecule has 4 rings (SSSR count). The molecular weight excluding hydrogens is 362 g/mol. The van der Waals surface area contributed by atoms with Gasteiger partial charge in [-0.1, -0.05) is 24.3 Å². The van der Waals surface area contributed by atoms with E-state index in [1.807, 2.05) is 0 Å². The second kappa shape index (κ2) is 6.78. The Kier molecular flexibility index (Phi) is 4.41. The number of methoxy groups -OCH3 is 2. The second-order valence-corrected chi connectivity index (χ2v) is 6.60. The van der Waals surface area contributed by atoms with Gasteiger partial charge in [-0.3, -0.25) is 9.59 Å². The molecule has 1 atom stereocenters. The predicted octanol–water partition coefficient (Wildman–Crippen LogP) is 1.58. The molecule has 0 aliphatic heterocycles. The minimum absolute atomic E-state index is 0.135. The van der Waals surface area contributed by atoms with E-state index in [0.29, 0.717) is 39.3 Å². The summed E-state index contributed by atoms with van der Waals surface area (Å²) in [5.74, 6) is 0.577. The van der Waals surface area contributed by atoms with Crippen LogP contribution in [-0.2, 0) is 6.54 Å². The summed E-state index contributed by atoms with van der Waals surface area (Å²) in [7, 11) is 2.95. The maximum atomic E-state index is 13.3. The van der Waals surface area contributed by atoms with Crippen LogP contribution in [0.3, 0.4) is 0 Å². The number of hydrogen-bond donors (Lipinski definition) is 2. The van der Waals surface area contributed by atoms with Crippen LogP contribution in [0.2, 0.25) is 0 Å². The van der Waals surface area contributed by atoms with Crippen molar-refractivity contribution < 1.29 is 24.5 Å². The number of fused-ring (bicyclic) bond motifs is 5. The standard InChI is InChI=1S/C21H19NO6/c1-27-16-7-14-15(8-17(16)28-2)21(26)22(9-11(24)10-23)19-12-5-3-4-6-13(12)20(25)18(14)19/h3-8,11,23-24H,9-10H2,1-2H3/t11-/m0/s1. The molecule has 28 heavy (non-hydrogen) atoms. The van der Waals surface area contributed by atoms with Gasteiger partial charge in [0.1, 0.15) is 0 Å². The Bertz CT molecular complexity index is 1160. The van der Waals surface area contributed by atoms with Crippen molar-refractivity contribution in [1.29, 1.82) is 0 Å². The summed E-state index contributed by atoms with van der Waals surface area (Å²) in [6.07, 6.45) is -1.14. The lowest BCUT2D eigenvalue weighted by Crippen LogP contribution is -2.30. The zero-order valence-electron chi connectivity index (χ0n) is 15.4. The number of ketones is 1. The molecule has 0 bridgehead atoms. The van der Waals surface area contributed by atoms with E-state index in [9.17, 15) is 19.8 Å². The Hall–Kier alpha value is -3.16. The second-order valence-electron chi connectivity index (χ2n) is 6.60. The normalized spacial score (nSPS) is 13.4. The number of aliphatic hydroxyl groups is 2. The minimum atomic E-state index is -1.14. The zero-order valence-corrected chi connectivity index (χ0v) is 15.4. The number of aromatic nitrogens is 1. The fraction of sp³-hybridized carbons (Fsp3) is 0.238. The van der Waals surface area contributed by atoms with Crippen LogP contribution in [-0.4, -0.2) is 47.5 Å². The molecule has 1 aliphatic carbocycles. The molecule has 0 unspecified atom stereocenters. The van der Waals surface area contributed by atoms with Crippen LogP contribution in [0.5, 0.6) is 11.5 Å². The molecular formula is C21H19NO6. The van der Waals surface area contributed by atoms with Crippen LogP contribution in [0.25, 0.3) is 22.0 Å². The monoisotopic (exact) mass is 381 g/mol. The molecule has 144 valence electrons. The van der Waals surface area contributed by atoms with Gasteiger partial charge in [-0.15, -0.1) is 0 Å². The van der Waals surface area contributed by atoms with E-state index in [1.165, 1.54) is 24.9 Å². The first-order valence-corrected chi connectivity index (χ1v) is 8.77. The molecule has 2 aromatic carbocycles. The average Bonchev–Trinajstić information content (AvgIpc) is 3.02. The number of ether oxygens (including phenoxy) is 2. The van der Waals surface area contributed by atoms with Crippen LogP contribution < -0.4 is 15.0 Å². The van der Waals surface area contributed by atoms with Gasteiger partial charge >= 0.3 is 0 Å². The van der Waals surface area contributed by atoms with E-state index < -0.39 is 12.7 Å². The number of benzene rings is 2. The lowest BCUT2D eigenvalue weighted by atomic mass is 10.0. The Labute approximate surface area is 160 Å². The molecule has 0 saturated heterocycles. The average molecular weight is 381 g/mol. The molecule has 7 nitrogen and oxygen atoms in total. The molecule has 1 heterocycles. The molecule has 2 N–H and O–H groups in total. The van der Waals surface area contributed by atoms with Gasteiger partial charge in [0.15, 0.2) is 17.3 Å². The molecule has 0 radical (unpaired) electrons. The van der Waals surface area contributed by atoms with Crippen molar-refractivity contribution >= 4 is 16.6 Å². The summed E-state index contributed by atoms with van der Waals surface area (Å²) in [5.41, 5.74) is 1.55. The van der Waals surface area contributed by atoms with E-state index in [-0.39, 0.29) is 23.3 Å². The highest BCUT2D eigenvalue weighted by molar-refractivity contribution is 6.26. The highest BCUT2D eigenvalue weighted by Gasteiger charge is 2.33. The number of carbonyl (C=O) groups is 1. The SMILES string of the molecule is COc1cc2c3c(n(C[C@H](O)CO)c(=O)c2cc1OC)-c1ccccc1C3=O. The number of aliphatic hydroxyl groups excluding tert-OH is 2. The number of nitrogens with zero attached hydrogens (tertiary/aromatic N) is 1. The lowest BCUT2D eigenvalue weighted by Gasteiger charge is -2.18. The van der Waals surface area contributed by atoms with E-state index in [1.54, 1.807) is 30.3 Å². The fourth-order valence-electron chi connectivity index (χ4n) is 3.75. The largest absolute Gasteiger partial charge is 0.493 e. The third-order valence-electron chi connectivity index (χ3n) is 5.03. The number of pyridine rings is 1. The van der Waals surface area contributed by atoms with Crippen molar-refractivity contribution in [3.63, 3.8) is 0 Å². The summed E-state index contributed by atoms with van der Waals surface area (Å²) in [4.78, 5) is 26.5. The molecule has 0 amide bonds. The van der Waals surface area contributed by atoms with Crippen molar-refractivity contribution in [2.75, 3.05) is 20.8 Å². The van der Waals surface area contributed by atoms with Crippen LogP contribution >= 0.6 is 0 Å². The predicted molar refractivity (Wildman–Crippen MR) is 103 cm³/mol. The van der Waals surface area contributed by atoms with Gasteiger partial charge < -0.3 is 24.3 Å². The summed E-state index contributed by atoms with van der Waals surface area (Å²) >= 11 is 0. The third kappa shape index (κ3) is 2.51. The Morgan fingerprint density at radius 1 is 1.00 bits per heavy atom. The Morgan fingerprint density at radius 3 is 2.21 bits per heavy atom. The van der Waals surface area contributed by atoms with Gasteiger partial charge in [0, 0.05) is 16.5 Å². The van der Waals surface area contributed by atoms with Gasteiger partial charge in [-0.2, -0.15) is 0 Å². The maximum absolute atomic E-state index is 13.3. The summed E-state index contributed by atoms with van der Waals surface area (Å²) in [6, 6.07) is 10.2. The van der Waals surface area contributed by atoms with Crippen molar-refractivity contribution in [2.24, 2.45) is 0 Å². The van der Waals surface area contributed by atoms with Crippen molar-refractivity contribution in [1.82, 2.24) is 4.57 Å². The summed E-state index contributed by atoms with van der Waals surface area (Å²) in [5, 5.41) is 20.0. The molecule has 0 fully saturated rings. The number of hydrogen-bond acceptors (Lipinski definition) is 6. The molecule has 1 aromatic heterocycles. The quantitative estimate of drug-likeness (QED) is 0.545. The van der Waals surface area contributed by atoms with Crippen LogP contribution in [0.4, 0.5) is 0 Å². The maximum Gasteiger partial charge on any atom is 0.259 e. The molecule has 7 heteroatoms. The number of carbonyl (C=O) groups excluding carboxylic acids is 1. The third-order valence-corrected chi connectivity index (χ3v) is 5.03. The summed E-state index contributed by atoms with van der Waals surface area (Å²) in [6.45, 7) is -0.635. The Morgan fingerprint density at radius 2 is 1.61 bits per heavy atom. The van der Waals surface area contributed by atoms with Crippen LogP contribution in [0, 0.1) is 0 Å². The van der Waals surface area contributed by atoms with Crippen LogP contribution in [0.15, 0.2) is 41.2 Å². The molecule has 3 aromatic rings. The van der Waals surface area contributed by atoms with E-state index in [0.717, 1.165) is 0 Å². The molecule has 1 aliphatic rings. The first-order valence-electron chi connectivity index (χ1n) is 8.77. The zero-order chi connectivity index (χ0) is 20.0. The lowest BCUT2D eigenvalue weighted by molar-refractivity contribution is 0.0808. The van der Waals surface area contributed by atoms with E-state index >= 15 is 0 Å². The first-order chi connectivity index (χ1) is 13.5. The molecule has 0 saturated carbocycles. The first kappa shape index (κ1) is 18.2.